The van der Waals surface area contributed by atoms with E-state index in [2.05, 4.69) is 15.3 Å². The first-order valence-corrected chi connectivity index (χ1v) is 7.71. The minimum Gasteiger partial charge on any atom is -0.379 e. The van der Waals surface area contributed by atoms with Crippen LogP contribution in [0.5, 0.6) is 0 Å². The minimum atomic E-state index is -3.30. The molecule has 0 aromatic carbocycles. The van der Waals surface area contributed by atoms with E-state index in [1.807, 2.05) is 0 Å². The lowest BCUT2D eigenvalue weighted by molar-refractivity contribution is 0.187. The normalized spacial score (nSPS) is 23.2. The summed E-state index contributed by atoms with van der Waals surface area (Å²) in [5.74, 6) is -0.478. The van der Waals surface area contributed by atoms with Crippen LogP contribution in [-0.4, -0.2) is 61.8 Å². The Bertz CT molecular complexity index is 549. The average Bonchev–Trinajstić information content (AvgIpc) is 2.79. The van der Waals surface area contributed by atoms with Crippen LogP contribution in [0.25, 0.3) is 0 Å². The van der Waals surface area contributed by atoms with E-state index in [0.717, 1.165) is 12.4 Å². The van der Waals surface area contributed by atoms with Gasteiger partial charge < -0.3 is 10.1 Å². The van der Waals surface area contributed by atoms with Crippen molar-refractivity contribution in [1.82, 2.24) is 14.3 Å². The molecular formula is C11H17FN4O3S. The number of halogens is 1. The molecule has 0 radical (unpaired) electrons. The molecule has 1 aromatic heterocycles. The van der Waals surface area contributed by atoms with Crippen molar-refractivity contribution >= 4 is 16.0 Å². The highest BCUT2D eigenvalue weighted by Gasteiger charge is 2.33. The minimum absolute atomic E-state index is 0.0150. The average molecular weight is 304 g/mol. The highest BCUT2D eigenvalue weighted by atomic mass is 32.2. The third-order valence-electron chi connectivity index (χ3n) is 3.11. The number of nitrogens with zero attached hydrogens (tertiary/aromatic N) is 3. The molecule has 1 aliphatic heterocycles. The van der Waals surface area contributed by atoms with E-state index in [1.165, 1.54) is 18.4 Å². The Hall–Kier alpha value is -1.32. The third kappa shape index (κ3) is 3.62. The van der Waals surface area contributed by atoms with E-state index in [-0.39, 0.29) is 23.7 Å². The first-order valence-electron chi connectivity index (χ1n) is 6.10. The highest BCUT2D eigenvalue weighted by Crippen LogP contribution is 2.19. The summed E-state index contributed by atoms with van der Waals surface area (Å²) in [5.41, 5.74) is 0. The SMILES string of the molecule is CN(C)S(=O)(=O)C[C@@H]1COC[C@H]1Nc1ncc(F)cn1. The zero-order valence-corrected chi connectivity index (χ0v) is 12.1. The largest absolute Gasteiger partial charge is 0.379 e. The maximum absolute atomic E-state index is 12.7. The standard InChI is InChI=1S/C11H17FN4O3S/c1-16(2)20(17,18)7-8-5-19-6-10(8)15-11-13-3-9(12)4-14-11/h3-4,8,10H,5-7H2,1-2H3,(H,13,14,15)/t8-,10+/m0/s1. The molecule has 0 bridgehead atoms. The summed E-state index contributed by atoms with van der Waals surface area (Å²) in [6.45, 7) is 0.723. The van der Waals surface area contributed by atoms with Crippen LogP contribution < -0.4 is 5.32 Å². The lowest BCUT2D eigenvalue weighted by Crippen LogP contribution is -2.37. The van der Waals surface area contributed by atoms with Gasteiger partial charge in [0.25, 0.3) is 0 Å². The van der Waals surface area contributed by atoms with Gasteiger partial charge in [0, 0.05) is 20.0 Å². The molecule has 0 spiro atoms. The van der Waals surface area contributed by atoms with Crippen molar-refractivity contribution < 1.29 is 17.5 Å². The van der Waals surface area contributed by atoms with Crippen LogP contribution in [0.1, 0.15) is 0 Å². The van der Waals surface area contributed by atoms with Gasteiger partial charge in [-0.1, -0.05) is 0 Å². The second kappa shape index (κ2) is 5.98. The summed E-state index contributed by atoms with van der Waals surface area (Å²) in [6.07, 6.45) is 2.10. The second-order valence-electron chi connectivity index (χ2n) is 4.83. The van der Waals surface area contributed by atoms with Gasteiger partial charge in [0.05, 0.1) is 37.4 Å². The Morgan fingerprint density at radius 2 is 2.05 bits per heavy atom. The number of rotatable bonds is 5. The van der Waals surface area contributed by atoms with Crippen LogP contribution in [-0.2, 0) is 14.8 Å². The summed E-state index contributed by atoms with van der Waals surface area (Å²) in [4.78, 5) is 7.59. The van der Waals surface area contributed by atoms with Crippen LogP contribution >= 0.6 is 0 Å². The predicted molar refractivity (Wildman–Crippen MR) is 71.2 cm³/mol. The van der Waals surface area contributed by atoms with Gasteiger partial charge in [0.15, 0.2) is 5.82 Å². The third-order valence-corrected chi connectivity index (χ3v) is 5.08. The molecule has 112 valence electrons. The molecule has 1 aromatic rings. The topological polar surface area (TPSA) is 84.4 Å². The quantitative estimate of drug-likeness (QED) is 0.820. The summed E-state index contributed by atoms with van der Waals surface area (Å²) in [7, 11) is -0.308. The summed E-state index contributed by atoms with van der Waals surface area (Å²) < 4.78 is 43.0. The van der Waals surface area contributed by atoms with Crippen LogP contribution in [0.4, 0.5) is 10.3 Å². The van der Waals surface area contributed by atoms with E-state index in [9.17, 15) is 12.8 Å². The van der Waals surface area contributed by atoms with Gasteiger partial charge >= 0.3 is 0 Å². The van der Waals surface area contributed by atoms with E-state index in [0.29, 0.717) is 13.2 Å². The van der Waals surface area contributed by atoms with Gasteiger partial charge in [-0.3, -0.25) is 0 Å². The van der Waals surface area contributed by atoms with Gasteiger partial charge in [-0.05, 0) is 0 Å². The first-order chi connectivity index (χ1) is 9.38. The maximum atomic E-state index is 12.7. The summed E-state index contributed by atoms with van der Waals surface area (Å²) in [5, 5.41) is 2.98. The van der Waals surface area contributed by atoms with E-state index in [4.69, 9.17) is 4.74 Å². The van der Waals surface area contributed by atoms with Gasteiger partial charge in [0.1, 0.15) is 0 Å². The van der Waals surface area contributed by atoms with Crippen molar-refractivity contribution in [2.45, 2.75) is 6.04 Å². The van der Waals surface area contributed by atoms with Crippen LogP contribution in [0, 0.1) is 11.7 Å². The van der Waals surface area contributed by atoms with E-state index in [1.54, 1.807) is 0 Å². The number of hydrogen-bond donors (Lipinski definition) is 1. The number of aromatic nitrogens is 2. The molecule has 0 saturated carbocycles. The molecule has 9 heteroatoms. The zero-order chi connectivity index (χ0) is 14.8. The van der Waals surface area contributed by atoms with Crippen LogP contribution in [0.3, 0.4) is 0 Å². The van der Waals surface area contributed by atoms with Gasteiger partial charge in [0.2, 0.25) is 16.0 Å². The molecule has 2 atom stereocenters. The Morgan fingerprint density at radius 3 is 2.65 bits per heavy atom. The lowest BCUT2D eigenvalue weighted by Gasteiger charge is -2.20. The molecule has 1 fully saturated rings. The molecule has 1 aliphatic rings. The molecule has 2 heterocycles. The van der Waals surface area contributed by atoms with Gasteiger partial charge in [-0.25, -0.2) is 27.1 Å². The predicted octanol–water partition coefficient (Wildman–Crippen LogP) is -0.0660. The molecule has 1 N–H and O–H groups in total. The Morgan fingerprint density at radius 1 is 1.40 bits per heavy atom. The molecule has 0 aliphatic carbocycles. The number of hydrogen-bond acceptors (Lipinski definition) is 6. The Kier molecular flexibility index (Phi) is 4.51. The number of nitrogens with one attached hydrogen (secondary N) is 1. The van der Waals surface area contributed by atoms with E-state index >= 15 is 0 Å². The molecule has 2 rings (SSSR count). The summed E-state index contributed by atoms with van der Waals surface area (Å²) in [6, 6.07) is -0.213. The maximum Gasteiger partial charge on any atom is 0.223 e. The monoisotopic (exact) mass is 304 g/mol. The Labute approximate surface area is 117 Å². The fraction of sp³-hybridized carbons (Fsp3) is 0.636. The molecule has 7 nitrogen and oxygen atoms in total. The van der Waals surface area contributed by atoms with Crippen molar-refractivity contribution in [2.75, 3.05) is 38.4 Å². The van der Waals surface area contributed by atoms with Gasteiger partial charge in [-0.2, -0.15) is 0 Å². The van der Waals surface area contributed by atoms with Crippen molar-refractivity contribution in [3.8, 4) is 0 Å². The number of ether oxygens (including phenoxy) is 1. The van der Waals surface area contributed by atoms with Crippen LogP contribution in [0.2, 0.25) is 0 Å². The fourth-order valence-electron chi connectivity index (χ4n) is 1.89. The molecule has 20 heavy (non-hydrogen) atoms. The zero-order valence-electron chi connectivity index (χ0n) is 11.3. The number of sulfonamides is 1. The first kappa shape index (κ1) is 15.1. The number of anilines is 1. The molecule has 0 unspecified atom stereocenters. The van der Waals surface area contributed by atoms with Crippen LogP contribution in [0.15, 0.2) is 12.4 Å². The smallest absolute Gasteiger partial charge is 0.223 e. The fourth-order valence-corrected chi connectivity index (χ4v) is 3.06. The second-order valence-corrected chi connectivity index (χ2v) is 7.06. The van der Waals surface area contributed by atoms with Gasteiger partial charge in [-0.15, -0.1) is 0 Å². The van der Waals surface area contributed by atoms with Crippen molar-refractivity contribution in [3.63, 3.8) is 0 Å². The lowest BCUT2D eigenvalue weighted by atomic mass is 10.1. The van der Waals surface area contributed by atoms with Crippen molar-refractivity contribution in [2.24, 2.45) is 5.92 Å². The molecule has 1 saturated heterocycles. The van der Waals surface area contributed by atoms with Crippen molar-refractivity contribution in [3.05, 3.63) is 18.2 Å². The van der Waals surface area contributed by atoms with Crippen molar-refractivity contribution in [1.29, 1.82) is 0 Å². The molecular weight excluding hydrogens is 287 g/mol. The summed E-state index contributed by atoms with van der Waals surface area (Å²) >= 11 is 0. The highest BCUT2D eigenvalue weighted by molar-refractivity contribution is 7.89. The Balaban J connectivity index is 2.02. The molecule has 0 amide bonds. The van der Waals surface area contributed by atoms with E-state index < -0.39 is 15.8 Å².